The van der Waals surface area contributed by atoms with Crippen molar-refractivity contribution in [3.8, 4) is 28.5 Å². The Morgan fingerprint density at radius 2 is 1.70 bits per heavy atom. The number of ether oxygens (including phenoxy) is 3. The topological polar surface area (TPSA) is 71.0 Å². The van der Waals surface area contributed by atoms with Crippen LogP contribution in [0.5, 0.6) is 17.2 Å². The number of nitrogens with two attached hydrogens (primary N) is 1. The van der Waals surface area contributed by atoms with Gasteiger partial charge in [0.05, 0.1) is 21.3 Å². The van der Waals surface area contributed by atoms with Gasteiger partial charge in [-0.05, 0) is 40.2 Å². The minimum atomic E-state index is 0.531. The van der Waals surface area contributed by atoms with Crippen molar-refractivity contribution in [3.05, 3.63) is 34.9 Å². The van der Waals surface area contributed by atoms with Crippen LogP contribution in [0.3, 0.4) is 0 Å². The van der Waals surface area contributed by atoms with Crippen LogP contribution >= 0.6 is 15.9 Å². The van der Waals surface area contributed by atoms with Crippen molar-refractivity contribution in [2.75, 3.05) is 27.1 Å². The number of fused-ring (bicyclic) bond motifs is 1. The molecule has 0 bridgehead atoms. The minimum Gasteiger partial charge on any atom is -0.493 e. The first-order valence-corrected chi connectivity index (χ1v) is 7.61. The van der Waals surface area contributed by atoms with Crippen molar-refractivity contribution in [2.45, 2.75) is 0 Å². The highest BCUT2D eigenvalue weighted by molar-refractivity contribution is 9.10. The number of aromatic nitrogens is 2. The molecule has 6 nitrogen and oxygen atoms in total. The van der Waals surface area contributed by atoms with E-state index in [9.17, 15) is 0 Å². The van der Waals surface area contributed by atoms with Crippen molar-refractivity contribution < 1.29 is 14.2 Å². The van der Waals surface area contributed by atoms with Gasteiger partial charge in [-0.3, -0.25) is 4.40 Å². The SMILES string of the molecule is COc1cc(-c2nc3ccc(Br)cn3c2N)cc(OC)c1OC. The van der Waals surface area contributed by atoms with Crippen molar-refractivity contribution >= 4 is 27.4 Å². The molecule has 0 aliphatic carbocycles. The molecule has 120 valence electrons. The molecule has 0 amide bonds. The number of hydrogen-bond donors (Lipinski definition) is 1. The van der Waals surface area contributed by atoms with Crippen LogP contribution in [0.1, 0.15) is 0 Å². The second-order valence-electron chi connectivity index (χ2n) is 4.84. The number of halogens is 1. The Morgan fingerprint density at radius 1 is 1.04 bits per heavy atom. The number of nitrogens with zero attached hydrogens (tertiary/aromatic N) is 2. The molecule has 0 saturated carbocycles. The molecule has 1 aromatic carbocycles. The third-order valence-electron chi connectivity index (χ3n) is 3.56. The van der Waals surface area contributed by atoms with Crippen molar-refractivity contribution in [3.63, 3.8) is 0 Å². The minimum absolute atomic E-state index is 0.531. The van der Waals surface area contributed by atoms with E-state index in [0.29, 0.717) is 28.8 Å². The number of imidazole rings is 1. The molecule has 0 saturated heterocycles. The number of rotatable bonds is 4. The molecule has 0 spiro atoms. The smallest absolute Gasteiger partial charge is 0.203 e. The quantitative estimate of drug-likeness (QED) is 0.754. The van der Waals surface area contributed by atoms with Crippen LogP contribution in [0.2, 0.25) is 0 Å². The Kier molecular flexibility index (Phi) is 4.04. The molecule has 0 unspecified atom stereocenters. The molecule has 23 heavy (non-hydrogen) atoms. The number of anilines is 1. The number of methoxy groups -OCH3 is 3. The summed E-state index contributed by atoms with van der Waals surface area (Å²) in [6.07, 6.45) is 1.87. The highest BCUT2D eigenvalue weighted by atomic mass is 79.9. The third-order valence-corrected chi connectivity index (χ3v) is 4.03. The molecular formula is C16H16BrN3O3. The van der Waals surface area contributed by atoms with Gasteiger partial charge in [0.25, 0.3) is 0 Å². The van der Waals surface area contributed by atoms with E-state index in [1.165, 1.54) is 0 Å². The maximum atomic E-state index is 6.26. The second-order valence-corrected chi connectivity index (χ2v) is 5.75. The summed E-state index contributed by atoms with van der Waals surface area (Å²) >= 11 is 3.44. The third kappa shape index (κ3) is 2.57. The van der Waals surface area contributed by atoms with Gasteiger partial charge in [0, 0.05) is 16.2 Å². The average Bonchev–Trinajstić information content (AvgIpc) is 2.90. The van der Waals surface area contributed by atoms with Crippen molar-refractivity contribution in [2.24, 2.45) is 0 Å². The Labute approximate surface area is 141 Å². The monoisotopic (exact) mass is 377 g/mol. The van der Waals surface area contributed by atoms with Gasteiger partial charge in [-0.15, -0.1) is 0 Å². The van der Waals surface area contributed by atoms with Gasteiger partial charge in [-0.1, -0.05) is 0 Å². The second kappa shape index (κ2) is 6.00. The number of benzene rings is 1. The fourth-order valence-corrected chi connectivity index (χ4v) is 2.80. The highest BCUT2D eigenvalue weighted by Crippen LogP contribution is 2.42. The lowest BCUT2D eigenvalue weighted by atomic mass is 10.1. The number of nitrogen functional groups attached to an aromatic ring is 1. The Bertz CT molecular complexity index is 851. The van der Waals surface area contributed by atoms with Crippen LogP contribution in [0.25, 0.3) is 16.9 Å². The van der Waals surface area contributed by atoms with Gasteiger partial charge in [0.1, 0.15) is 17.2 Å². The highest BCUT2D eigenvalue weighted by Gasteiger charge is 2.18. The molecule has 0 atom stereocenters. The van der Waals surface area contributed by atoms with E-state index in [1.54, 1.807) is 21.3 Å². The molecule has 3 rings (SSSR count). The first-order valence-electron chi connectivity index (χ1n) is 6.82. The Morgan fingerprint density at radius 3 is 2.26 bits per heavy atom. The Hall–Kier alpha value is -2.41. The van der Waals surface area contributed by atoms with E-state index in [1.807, 2.05) is 34.9 Å². The maximum absolute atomic E-state index is 6.26. The zero-order valence-corrected chi connectivity index (χ0v) is 14.5. The van der Waals surface area contributed by atoms with Crippen LogP contribution in [0, 0.1) is 0 Å². The summed E-state index contributed by atoms with van der Waals surface area (Å²) in [5.41, 5.74) is 8.46. The molecule has 2 aromatic heterocycles. The van der Waals surface area contributed by atoms with E-state index in [2.05, 4.69) is 20.9 Å². The molecule has 0 fully saturated rings. The fourth-order valence-electron chi connectivity index (χ4n) is 2.47. The predicted molar refractivity (Wildman–Crippen MR) is 92.4 cm³/mol. The molecule has 0 aliphatic rings. The average molecular weight is 378 g/mol. The first kappa shape index (κ1) is 15.5. The fraction of sp³-hybridized carbons (Fsp3) is 0.188. The summed E-state index contributed by atoms with van der Waals surface area (Å²) < 4.78 is 18.9. The van der Waals surface area contributed by atoms with Crippen LogP contribution in [0.15, 0.2) is 34.9 Å². The number of pyridine rings is 1. The summed E-state index contributed by atoms with van der Waals surface area (Å²) in [5.74, 6) is 2.18. The molecule has 2 heterocycles. The van der Waals surface area contributed by atoms with Crippen LogP contribution in [-0.2, 0) is 0 Å². The summed E-state index contributed by atoms with van der Waals surface area (Å²) in [5, 5.41) is 0. The standard InChI is InChI=1S/C16H16BrN3O3/c1-21-11-6-9(7-12(22-2)15(11)23-3)14-16(18)20-8-10(17)4-5-13(20)19-14/h4-8H,18H2,1-3H3. The summed E-state index contributed by atoms with van der Waals surface area (Å²) in [7, 11) is 4.72. The lowest BCUT2D eigenvalue weighted by Crippen LogP contribution is -1.97. The van der Waals surface area contributed by atoms with E-state index in [0.717, 1.165) is 15.7 Å². The largest absolute Gasteiger partial charge is 0.493 e. The lowest BCUT2D eigenvalue weighted by Gasteiger charge is -2.13. The molecule has 0 radical (unpaired) electrons. The predicted octanol–water partition coefficient (Wildman–Crippen LogP) is 3.37. The zero-order valence-electron chi connectivity index (χ0n) is 13.0. The normalized spacial score (nSPS) is 10.8. The van der Waals surface area contributed by atoms with Crippen molar-refractivity contribution in [1.82, 2.24) is 9.38 Å². The van der Waals surface area contributed by atoms with Crippen molar-refractivity contribution in [1.29, 1.82) is 0 Å². The molecule has 2 N–H and O–H groups in total. The molecule has 7 heteroatoms. The van der Waals surface area contributed by atoms with E-state index >= 15 is 0 Å². The molecular weight excluding hydrogens is 362 g/mol. The van der Waals surface area contributed by atoms with E-state index < -0.39 is 0 Å². The molecule has 3 aromatic rings. The van der Waals surface area contributed by atoms with Gasteiger partial charge in [-0.2, -0.15) is 0 Å². The Balaban J connectivity index is 2.24. The summed E-state index contributed by atoms with van der Waals surface area (Å²) in [4.78, 5) is 4.60. The first-order chi connectivity index (χ1) is 11.1. The van der Waals surface area contributed by atoms with Gasteiger partial charge in [0.15, 0.2) is 11.5 Å². The van der Waals surface area contributed by atoms with Crippen LogP contribution in [-0.4, -0.2) is 30.7 Å². The van der Waals surface area contributed by atoms with Gasteiger partial charge < -0.3 is 19.9 Å². The van der Waals surface area contributed by atoms with Gasteiger partial charge in [-0.25, -0.2) is 4.98 Å². The summed E-state index contributed by atoms with van der Waals surface area (Å²) in [6.45, 7) is 0. The zero-order chi connectivity index (χ0) is 16.6. The van der Waals surface area contributed by atoms with Crippen LogP contribution < -0.4 is 19.9 Å². The van der Waals surface area contributed by atoms with E-state index in [-0.39, 0.29) is 0 Å². The summed E-state index contributed by atoms with van der Waals surface area (Å²) in [6, 6.07) is 7.46. The van der Waals surface area contributed by atoms with E-state index in [4.69, 9.17) is 19.9 Å². The van der Waals surface area contributed by atoms with Crippen LogP contribution in [0.4, 0.5) is 5.82 Å². The molecule has 0 aliphatic heterocycles. The number of hydrogen-bond acceptors (Lipinski definition) is 5. The maximum Gasteiger partial charge on any atom is 0.203 e. The van der Waals surface area contributed by atoms with Gasteiger partial charge in [0.2, 0.25) is 5.75 Å². The lowest BCUT2D eigenvalue weighted by molar-refractivity contribution is 0.324. The van der Waals surface area contributed by atoms with Gasteiger partial charge >= 0.3 is 0 Å².